The van der Waals surface area contributed by atoms with Crippen LogP contribution in [0.5, 0.6) is 0 Å². The third-order valence-corrected chi connectivity index (χ3v) is 10.4. The maximum atomic E-state index is 14.9. The standard InChI is InChI=1S/C38H45F2N7O3S/c1-5-30(21-42-47(27(2)3)28(4)48)31-8-13-34(14-9-31)45-18-16-44(17-19-45)33-11-6-29(7-12-33)22-51-37-49-24-38(50-37,23-46-26-41-25-43-46)35-15-10-32(39)20-36(35)40/h6-15,20-21,25-27,30,37H,5,16-19,22-24H2,1-4H3. The number of amides is 1. The molecule has 2 aliphatic heterocycles. The van der Waals surface area contributed by atoms with Crippen LogP contribution in [0.25, 0.3) is 0 Å². The molecule has 3 atom stereocenters. The molecule has 3 heterocycles. The summed E-state index contributed by atoms with van der Waals surface area (Å²) in [4.78, 5) is 20.7. The minimum atomic E-state index is -1.17. The van der Waals surface area contributed by atoms with Gasteiger partial charge < -0.3 is 19.3 Å². The van der Waals surface area contributed by atoms with Gasteiger partial charge in [0.05, 0.1) is 13.2 Å². The van der Waals surface area contributed by atoms with Gasteiger partial charge in [0.15, 0.2) is 0 Å². The molecule has 6 rings (SSSR count). The number of aromatic nitrogens is 3. The second kappa shape index (κ2) is 16.3. The fourth-order valence-electron chi connectivity index (χ4n) is 6.56. The van der Waals surface area contributed by atoms with E-state index in [0.717, 1.165) is 44.2 Å². The van der Waals surface area contributed by atoms with Crippen LogP contribution in [0.3, 0.4) is 0 Å². The van der Waals surface area contributed by atoms with Crippen molar-refractivity contribution in [3.05, 3.63) is 108 Å². The molecular weight excluding hydrogens is 673 g/mol. The molecule has 3 unspecified atom stereocenters. The van der Waals surface area contributed by atoms with Gasteiger partial charge in [-0.1, -0.05) is 49.0 Å². The Morgan fingerprint density at radius 2 is 1.71 bits per heavy atom. The summed E-state index contributed by atoms with van der Waals surface area (Å²) in [7, 11) is 0. The Morgan fingerprint density at radius 3 is 2.27 bits per heavy atom. The van der Waals surface area contributed by atoms with Crippen LogP contribution < -0.4 is 9.80 Å². The van der Waals surface area contributed by atoms with Crippen LogP contribution in [0.15, 0.2) is 84.5 Å². The number of thioether (sulfide) groups is 1. The average Bonchev–Trinajstić information content (AvgIpc) is 3.80. The number of hydrazone groups is 1. The third kappa shape index (κ3) is 8.77. The lowest BCUT2D eigenvalue weighted by Crippen LogP contribution is -2.46. The number of anilines is 2. The fourth-order valence-corrected chi connectivity index (χ4v) is 7.50. The molecule has 4 aromatic rings. The highest BCUT2D eigenvalue weighted by Gasteiger charge is 2.45. The second-order valence-electron chi connectivity index (χ2n) is 13.2. The lowest BCUT2D eigenvalue weighted by atomic mass is 9.94. The molecule has 51 heavy (non-hydrogen) atoms. The van der Waals surface area contributed by atoms with E-state index in [0.29, 0.717) is 5.75 Å². The van der Waals surface area contributed by atoms with Crippen molar-refractivity contribution in [3.8, 4) is 0 Å². The van der Waals surface area contributed by atoms with Crippen LogP contribution in [-0.2, 0) is 32.2 Å². The molecule has 0 aliphatic carbocycles. The number of carbonyl (C=O) groups is 1. The maximum absolute atomic E-state index is 14.9. The quantitative estimate of drug-likeness (QED) is 0.111. The number of benzene rings is 3. The number of halogens is 2. The van der Waals surface area contributed by atoms with Crippen LogP contribution in [-0.4, -0.2) is 76.3 Å². The zero-order valence-electron chi connectivity index (χ0n) is 29.5. The Bertz CT molecular complexity index is 1770. The number of nitrogens with zero attached hydrogens (tertiary/aromatic N) is 7. The Morgan fingerprint density at radius 1 is 1.04 bits per heavy atom. The highest BCUT2D eigenvalue weighted by Crippen LogP contribution is 2.41. The van der Waals surface area contributed by atoms with E-state index in [2.05, 4.69) is 80.4 Å². The minimum absolute atomic E-state index is 0.0189. The summed E-state index contributed by atoms with van der Waals surface area (Å²) in [6.07, 6.45) is 5.72. The molecule has 0 N–H and O–H groups in total. The summed E-state index contributed by atoms with van der Waals surface area (Å²) in [5.74, 6) is -0.621. The summed E-state index contributed by atoms with van der Waals surface area (Å²) >= 11 is 1.48. The van der Waals surface area contributed by atoms with Crippen molar-refractivity contribution >= 4 is 35.3 Å². The van der Waals surface area contributed by atoms with Gasteiger partial charge in [0.2, 0.25) is 11.5 Å². The van der Waals surface area contributed by atoms with Gasteiger partial charge in [-0.2, -0.15) is 10.2 Å². The normalized spacial score (nSPS) is 20.0. The first-order valence-electron chi connectivity index (χ1n) is 17.4. The van der Waals surface area contributed by atoms with Gasteiger partial charge in [-0.15, -0.1) is 0 Å². The molecular formula is C38H45F2N7O3S. The third-order valence-electron chi connectivity index (χ3n) is 9.36. The molecule has 0 saturated carbocycles. The molecule has 2 aliphatic rings. The number of carbonyl (C=O) groups excluding carboxylic acids is 1. The Kier molecular flexibility index (Phi) is 11.7. The predicted octanol–water partition coefficient (Wildman–Crippen LogP) is 6.78. The zero-order valence-corrected chi connectivity index (χ0v) is 30.3. The summed E-state index contributed by atoms with van der Waals surface area (Å²) < 4.78 is 42.5. The molecule has 1 aromatic heterocycles. The van der Waals surface area contributed by atoms with Gasteiger partial charge >= 0.3 is 0 Å². The van der Waals surface area contributed by atoms with Crippen LogP contribution in [0.1, 0.15) is 56.7 Å². The Hall–Kier alpha value is -4.33. The number of rotatable bonds is 13. The molecule has 1 amide bonds. The first kappa shape index (κ1) is 36.5. The largest absolute Gasteiger partial charge is 0.368 e. The molecule has 0 radical (unpaired) electrons. The lowest BCUT2D eigenvalue weighted by Gasteiger charge is -2.37. The highest BCUT2D eigenvalue weighted by molar-refractivity contribution is 7.98. The van der Waals surface area contributed by atoms with Gasteiger partial charge in [0.25, 0.3) is 0 Å². The van der Waals surface area contributed by atoms with Crippen molar-refractivity contribution in [2.45, 2.75) is 69.6 Å². The van der Waals surface area contributed by atoms with Crippen molar-refractivity contribution < 1.29 is 23.0 Å². The zero-order chi connectivity index (χ0) is 36.0. The highest BCUT2D eigenvalue weighted by atomic mass is 32.2. The van der Waals surface area contributed by atoms with E-state index in [4.69, 9.17) is 9.47 Å². The average molecular weight is 718 g/mol. The first-order valence-corrected chi connectivity index (χ1v) is 18.4. The number of ether oxygens (including phenoxy) is 2. The van der Waals surface area contributed by atoms with E-state index in [1.54, 1.807) is 11.6 Å². The smallest absolute Gasteiger partial charge is 0.239 e. The van der Waals surface area contributed by atoms with E-state index >= 15 is 0 Å². The summed E-state index contributed by atoms with van der Waals surface area (Å²) in [6.45, 7) is 11.5. The topological polar surface area (TPSA) is 88.3 Å². The predicted molar refractivity (Wildman–Crippen MR) is 197 cm³/mol. The van der Waals surface area contributed by atoms with Crippen LogP contribution in [0.2, 0.25) is 0 Å². The molecule has 2 saturated heterocycles. The summed E-state index contributed by atoms with van der Waals surface area (Å²) in [6, 6.07) is 20.8. The van der Waals surface area contributed by atoms with Gasteiger partial charge in [-0.05, 0) is 61.7 Å². The SMILES string of the molecule is CCC(C=NN(C(C)=O)C(C)C)c1ccc(N2CCN(c3ccc(CSC4OCC(Cn5cncn5)(c5ccc(F)cc5F)O4)cc3)CC2)cc1. The van der Waals surface area contributed by atoms with E-state index in [9.17, 15) is 13.6 Å². The van der Waals surface area contributed by atoms with Crippen LogP contribution in [0, 0.1) is 11.6 Å². The van der Waals surface area contributed by atoms with E-state index < -0.39 is 22.9 Å². The Balaban J connectivity index is 1.00. The van der Waals surface area contributed by atoms with E-state index in [1.165, 1.54) is 58.5 Å². The van der Waals surface area contributed by atoms with E-state index in [1.807, 2.05) is 20.1 Å². The summed E-state index contributed by atoms with van der Waals surface area (Å²) in [5, 5.41) is 10.2. The molecule has 2 fully saturated rings. The molecule has 13 heteroatoms. The lowest BCUT2D eigenvalue weighted by molar-refractivity contribution is -0.130. The first-order chi connectivity index (χ1) is 24.6. The number of hydrogen-bond acceptors (Lipinski definition) is 9. The molecule has 3 aromatic carbocycles. The monoisotopic (exact) mass is 717 g/mol. The van der Waals surface area contributed by atoms with Gasteiger partial charge in [-0.25, -0.2) is 23.5 Å². The van der Waals surface area contributed by atoms with Gasteiger partial charge in [0.1, 0.15) is 29.9 Å². The molecule has 0 spiro atoms. The number of hydrogen-bond donors (Lipinski definition) is 0. The second-order valence-corrected chi connectivity index (χ2v) is 14.2. The maximum Gasteiger partial charge on any atom is 0.239 e. The van der Waals surface area contributed by atoms with E-state index in [-0.39, 0.29) is 36.6 Å². The molecule has 270 valence electrons. The van der Waals surface area contributed by atoms with Crippen LogP contribution >= 0.6 is 11.8 Å². The van der Waals surface area contributed by atoms with Gasteiger partial charge in [-0.3, -0.25) is 4.79 Å². The molecule has 0 bridgehead atoms. The number of piperazine rings is 1. The van der Waals surface area contributed by atoms with Crippen LogP contribution in [0.4, 0.5) is 20.2 Å². The minimum Gasteiger partial charge on any atom is -0.368 e. The Labute approximate surface area is 302 Å². The van der Waals surface area contributed by atoms with Crippen molar-refractivity contribution in [2.75, 3.05) is 42.6 Å². The van der Waals surface area contributed by atoms with Crippen molar-refractivity contribution in [2.24, 2.45) is 5.10 Å². The van der Waals surface area contributed by atoms with Gasteiger partial charge in [0, 0.05) is 80.0 Å². The van der Waals surface area contributed by atoms with Crippen molar-refractivity contribution in [1.29, 1.82) is 0 Å². The van der Waals surface area contributed by atoms with Crippen molar-refractivity contribution in [3.63, 3.8) is 0 Å². The summed E-state index contributed by atoms with van der Waals surface area (Å²) in [5.41, 5.74) is 3.10. The molecule has 10 nitrogen and oxygen atoms in total. The fraction of sp³-hybridized carbons (Fsp3) is 0.421. The van der Waals surface area contributed by atoms with Crippen molar-refractivity contribution in [1.82, 2.24) is 19.8 Å².